The summed E-state index contributed by atoms with van der Waals surface area (Å²) in [5, 5.41) is 5.97. The van der Waals surface area contributed by atoms with Crippen molar-refractivity contribution < 1.29 is 14.3 Å². The second kappa shape index (κ2) is 5.85. The molecule has 0 fully saturated rings. The number of hydrogen-bond donors (Lipinski definition) is 2. The average molecular weight is 284 g/mol. The Labute approximate surface area is 122 Å². The van der Waals surface area contributed by atoms with Crippen molar-refractivity contribution in [2.24, 2.45) is 0 Å². The molecule has 1 aliphatic rings. The summed E-state index contributed by atoms with van der Waals surface area (Å²) in [6.45, 7) is 0.959. The second-order valence-corrected chi connectivity index (χ2v) is 4.75. The molecule has 0 saturated carbocycles. The fourth-order valence-corrected chi connectivity index (χ4v) is 2.20. The highest BCUT2D eigenvalue weighted by Gasteiger charge is 2.16. The minimum Gasteiger partial charge on any atom is -0.454 e. The molecular weight excluding hydrogens is 268 g/mol. The largest absolute Gasteiger partial charge is 0.454 e. The van der Waals surface area contributed by atoms with Crippen LogP contribution in [0, 0.1) is 0 Å². The Morgan fingerprint density at radius 3 is 2.86 bits per heavy atom. The molecule has 1 aliphatic heterocycles. The van der Waals surface area contributed by atoms with Gasteiger partial charge < -0.3 is 20.1 Å². The van der Waals surface area contributed by atoms with Gasteiger partial charge in [0.1, 0.15) is 0 Å². The first-order chi connectivity index (χ1) is 10.3. The number of benzene rings is 2. The number of nitrogens with one attached hydrogen (secondary N) is 2. The van der Waals surface area contributed by atoms with Gasteiger partial charge in [-0.1, -0.05) is 12.1 Å². The smallest absolute Gasteiger partial charge is 0.255 e. The van der Waals surface area contributed by atoms with Gasteiger partial charge in [-0.3, -0.25) is 4.79 Å². The van der Waals surface area contributed by atoms with Crippen LogP contribution in [0.1, 0.15) is 15.9 Å². The summed E-state index contributed by atoms with van der Waals surface area (Å²) in [7, 11) is 1.89. The highest BCUT2D eigenvalue weighted by atomic mass is 16.7. The third kappa shape index (κ3) is 2.98. The zero-order valence-electron chi connectivity index (χ0n) is 11.7. The molecule has 2 aromatic carbocycles. The van der Waals surface area contributed by atoms with Gasteiger partial charge in [-0.2, -0.15) is 0 Å². The molecule has 5 nitrogen and oxygen atoms in total. The number of ether oxygens (including phenoxy) is 2. The van der Waals surface area contributed by atoms with Crippen molar-refractivity contribution in [2.45, 2.75) is 6.54 Å². The maximum absolute atomic E-state index is 12.3. The van der Waals surface area contributed by atoms with E-state index in [0.717, 1.165) is 17.8 Å². The van der Waals surface area contributed by atoms with Gasteiger partial charge in [-0.25, -0.2) is 0 Å². The Kier molecular flexibility index (Phi) is 3.75. The number of rotatable bonds is 4. The number of anilines is 1. The Hall–Kier alpha value is -2.53. The van der Waals surface area contributed by atoms with E-state index in [0.29, 0.717) is 17.1 Å². The molecular formula is C16H16N2O3. The summed E-state index contributed by atoms with van der Waals surface area (Å²) in [4.78, 5) is 12.3. The summed E-state index contributed by atoms with van der Waals surface area (Å²) in [5.41, 5.74) is 2.42. The normalized spacial score (nSPS) is 12.2. The molecule has 2 aromatic rings. The first kappa shape index (κ1) is 13.5. The molecule has 108 valence electrons. The van der Waals surface area contributed by atoms with E-state index in [4.69, 9.17) is 9.47 Å². The molecule has 1 amide bonds. The highest BCUT2D eigenvalue weighted by Crippen LogP contribution is 2.32. The van der Waals surface area contributed by atoms with Gasteiger partial charge >= 0.3 is 0 Å². The maximum Gasteiger partial charge on any atom is 0.255 e. The number of hydrogen-bond acceptors (Lipinski definition) is 4. The number of carbonyl (C=O) groups is 1. The van der Waals surface area contributed by atoms with E-state index in [1.807, 2.05) is 31.3 Å². The van der Waals surface area contributed by atoms with Crippen LogP contribution in [0.15, 0.2) is 42.5 Å². The maximum atomic E-state index is 12.3. The van der Waals surface area contributed by atoms with E-state index in [-0.39, 0.29) is 12.7 Å². The fraction of sp³-hybridized carbons (Fsp3) is 0.188. The summed E-state index contributed by atoms with van der Waals surface area (Å²) in [6.07, 6.45) is 0. The lowest BCUT2D eigenvalue weighted by Gasteiger charge is -2.08. The van der Waals surface area contributed by atoms with Crippen LogP contribution in [-0.4, -0.2) is 19.7 Å². The Balaban J connectivity index is 1.75. The molecule has 0 aromatic heterocycles. The molecule has 1 heterocycles. The third-order valence-corrected chi connectivity index (χ3v) is 3.20. The molecule has 0 unspecified atom stereocenters. The number of fused-ring (bicyclic) bond motifs is 1. The van der Waals surface area contributed by atoms with Gasteiger partial charge in [0.2, 0.25) is 6.79 Å². The minimum absolute atomic E-state index is 0.171. The van der Waals surface area contributed by atoms with Crippen LogP contribution >= 0.6 is 0 Å². The van der Waals surface area contributed by atoms with E-state index in [1.54, 1.807) is 18.2 Å². The van der Waals surface area contributed by atoms with Crippen LogP contribution in [-0.2, 0) is 6.54 Å². The fourth-order valence-electron chi connectivity index (χ4n) is 2.20. The molecule has 0 bridgehead atoms. The van der Waals surface area contributed by atoms with Gasteiger partial charge in [0.05, 0.1) is 0 Å². The molecule has 5 heteroatoms. The summed E-state index contributed by atoms with van der Waals surface area (Å²) in [6, 6.07) is 12.9. The van der Waals surface area contributed by atoms with Crippen molar-refractivity contribution >= 4 is 11.6 Å². The average Bonchev–Trinajstić information content (AvgIpc) is 2.95. The topological polar surface area (TPSA) is 59.6 Å². The number of carbonyl (C=O) groups excluding carboxylic acids is 1. The summed E-state index contributed by atoms with van der Waals surface area (Å²) < 4.78 is 10.5. The number of amides is 1. The molecule has 2 N–H and O–H groups in total. The second-order valence-electron chi connectivity index (χ2n) is 4.75. The van der Waals surface area contributed by atoms with Crippen LogP contribution in [0.2, 0.25) is 0 Å². The van der Waals surface area contributed by atoms with Crippen molar-refractivity contribution in [3.05, 3.63) is 53.6 Å². The highest BCUT2D eigenvalue weighted by molar-refractivity contribution is 6.04. The molecule has 0 spiro atoms. The minimum atomic E-state index is -0.171. The Morgan fingerprint density at radius 1 is 1.14 bits per heavy atom. The first-order valence-corrected chi connectivity index (χ1v) is 6.71. The van der Waals surface area contributed by atoms with Crippen LogP contribution in [0.3, 0.4) is 0 Å². The predicted octanol–water partition coefficient (Wildman–Crippen LogP) is 2.39. The third-order valence-electron chi connectivity index (χ3n) is 3.20. The van der Waals surface area contributed by atoms with Gasteiger partial charge in [0.15, 0.2) is 11.5 Å². The van der Waals surface area contributed by atoms with Gasteiger partial charge in [-0.05, 0) is 42.9 Å². The van der Waals surface area contributed by atoms with Gasteiger partial charge in [0.25, 0.3) is 5.91 Å². The van der Waals surface area contributed by atoms with Crippen molar-refractivity contribution in [1.29, 1.82) is 0 Å². The van der Waals surface area contributed by atoms with E-state index < -0.39 is 0 Å². The van der Waals surface area contributed by atoms with E-state index >= 15 is 0 Å². The Bertz CT molecular complexity index is 670. The van der Waals surface area contributed by atoms with Crippen molar-refractivity contribution in [3.63, 3.8) is 0 Å². The molecule has 21 heavy (non-hydrogen) atoms. The zero-order chi connectivity index (χ0) is 14.7. The lowest BCUT2D eigenvalue weighted by atomic mass is 10.1. The van der Waals surface area contributed by atoms with Gasteiger partial charge in [-0.15, -0.1) is 0 Å². The standard InChI is InChI=1S/C16H16N2O3/c1-17-9-11-3-2-4-13(7-11)18-16(19)12-5-6-14-15(8-12)21-10-20-14/h2-8,17H,9-10H2,1H3,(H,18,19). The van der Waals surface area contributed by atoms with Crippen molar-refractivity contribution in [3.8, 4) is 11.5 Å². The summed E-state index contributed by atoms with van der Waals surface area (Å²) >= 11 is 0. The molecule has 3 rings (SSSR count). The molecule has 0 saturated heterocycles. The SMILES string of the molecule is CNCc1cccc(NC(=O)c2ccc3c(c2)OCO3)c1. The molecule has 0 atom stereocenters. The molecule has 0 aliphatic carbocycles. The summed E-state index contributed by atoms with van der Waals surface area (Å²) in [5.74, 6) is 1.10. The van der Waals surface area contributed by atoms with E-state index in [2.05, 4.69) is 10.6 Å². The lowest BCUT2D eigenvalue weighted by molar-refractivity contribution is 0.102. The van der Waals surface area contributed by atoms with Crippen LogP contribution in [0.5, 0.6) is 11.5 Å². The molecule has 0 radical (unpaired) electrons. The Morgan fingerprint density at radius 2 is 2.00 bits per heavy atom. The van der Waals surface area contributed by atoms with Gasteiger partial charge in [0, 0.05) is 17.8 Å². The van der Waals surface area contributed by atoms with Crippen LogP contribution < -0.4 is 20.1 Å². The van der Waals surface area contributed by atoms with E-state index in [1.165, 1.54) is 0 Å². The zero-order valence-corrected chi connectivity index (χ0v) is 11.7. The first-order valence-electron chi connectivity index (χ1n) is 6.71. The van der Waals surface area contributed by atoms with E-state index in [9.17, 15) is 4.79 Å². The monoisotopic (exact) mass is 284 g/mol. The van der Waals surface area contributed by atoms with Crippen LogP contribution in [0.25, 0.3) is 0 Å². The van der Waals surface area contributed by atoms with Crippen molar-refractivity contribution in [1.82, 2.24) is 5.32 Å². The predicted molar refractivity (Wildman–Crippen MR) is 79.7 cm³/mol. The van der Waals surface area contributed by atoms with Crippen molar-refractivity contribution in [2.75, 3.05) is 19.2 Å². The quantitative estimate of drug-likeness (QED) is 0.905. The van der Waals surface area contributed by atoms with Crippen LogP contribution in [0.4, 0.5) is 5.69 Å². The lowest BCUT2D eigenvalue weighted by Crippen LogP contribution is -2.12.